The van der Waals surface area contributed by atoms with Gasteiger partial charge >= 0.3 is 0 Å². The van der Waals surface area contributed by atoms with Crippen molar-refractivity contribution in [3.63, 3.8) is 0 Å². The summed E-state index contributed by atoms with van der Waals surface area (Å²) < 4.78 is 1.80. The second-order valence-corrected chi connectivity index (χ2v) is 8.09. The zero-order valence-corrected chi connectivity index (χ0v) is 18.3. The molecule has 0 radical (unpaired) electrons. The zero-order chi connectivity index (χ0) is 22.0. The Morgan fingerprint density at radius 2 is 1.94 bits per heavy atom. The van der Waals surface area contributed by atoms with Gasteiger partial charge in [0, 0.05) is 56.3 Å². The van der Waals surface area contributed by atoms with Crippen molar-refractivity contribution >= 4 is 28.8 Å². The van der Waals surface area contributed by atoms with E-state index in [0.29, 0.717) is 28.9 Å². The second-order valence-electron chi connectivity index (χ2n) is 8.09. The first-order valence-corrected chi connectivity index (χ1v) is 10.7. The first kappa shape index (κ1) is 20.8. The number of imidazole rings is 1. The van der Waals surface area contributed by atoms with Crippen molar-refractivity contribution in [1.82, 2.24) is 14.3 Å². The topological polar surface area (TPSA) is 64.6 Å². The Morgan fingerprint density at radius 3 is 2.61 bits per heavy atom. The maximum atomic E-state index is 12.8. The molecular weight excluding hydrogens is 386 g/mol. The minimum atomic E-state index is 0.0476. The van der Waals surface area contributed by atoms with Gasteiger partial charge in [0.05, 0.1) is 11.3 Å². The third kappa shape index (κ3) is 4.37. The van der Waals surface area contributed by atoms with Crippen LogP contribution in [-0.2, 0) is 4.79 Å². The molecule has 6 nitrogen and oxygen atoms in total. The number of anilines is 1. The SMILES string of the molecule is CCC(=O)/C(=C\c1ccc(N2CCN(C)CC2)cc1C)c1cn2cc(C#N)ccc2n1. The molecule has 0 bridgehead atoms. The molecule has 0 amide bonds. The van der Waals surface area contributed by atoms with Crippen molar-refractivity contribution in [3.05, 3.63) is 65.1 Å². The summed E-state index contributed by atoms with van der Waals surface area (Å²) in [6, 6.07) is 12.1. The van der Waals surface area contributed by atoms with Gasteiger partial charge in [0.2, 0.25) is 0 Å². The van der Waals surface area contributed by atoms with Crippen molar-refractivity contribution in [1.29, 1.82) is 5.26 Å². The van der Waals surface area contributed by atoms with Gasteiger partial charge in [0.15, 0.2) is 5.78 Å². The van der Waals surface area contributed by atoms with E-state index in [1.807, 2.05) is 19.2 Å². The Bertz CT molecular complexity index is 1190. The predicted molar refractivity (Wildman–Crippen MR) is 124 cm³/mol. The maximum Gasteiger partial charge on any atom is 0.164 e. The molecule has 31 heavy (non-hydrogen) atoms. The number of Topliss-reactive ketones (excluding diaryl/α,β-unsaturated/α-hetero) is 1. The Labute approximate surface area is 183 Å². The first-order chi connectivity index (χ1) is 15.0. The minimum absolute atomic E-state index is 0.0476. The molecule has 1 aliphatic heterocycles. The van der Waals surface area contributed by atoms with Gasteiger partial charge in [-0.15, -0.1) is 0 Å². The Morgan fingerprint density at radius 1 is 1.16 bits per heavy atom. The summed E-state index contributed by atoms with van der Waals surface area (Å²) in [6.45, 7) is 8.13. The Balaban J connectivity index is 1.69. The van der Waals surface area contributed by atoms with Gasteiger partial charge in [-0.2, -0.15) is 5.26 Å². The smallest absolute Gasteiger partial charge is 0.164 e. The molecule has 0 unspecified atom stereocenters. The Kier molecular flexibility index (Phi) is 5.88. The number of aromatic nitrogens is 2. The van der Waals surface area contributed by atoms with E-state index < -0.39 is 0 Å². The molecule has 0 atom stereocenters. The van der Waals surface area contributed by atoms with Crippen molar-refractivity contribution in [2.75, 3.05) is 38.1 Å². The summed E-state index contributed by atoms with van der Waals surface area (Å²) in [4.78, 5) is 22.2. The number of hydrogen-bond acceptors (Lipinski definition) is 5. The molecule has 158 valence electrons. The van der Waals surface area contributed by atoms with E-state index in [0.717, 1.165) is 37.3 Å². The van der Waals surface area contributed by atoms with Crippen molar-refractivity contribution in [2.45, 2.75) is 20.3 Å². The highest BCUT2D eigenvalue weighted by atomic mass is 16.1. The van der Waals surface area contributed by atoms with Crippen LogP contribution < -0.4 is 4.90 Å². The number of benzene rings is 1. The molecule has 1 aromatic carbocycles. The number of nitrogens with zero attached hydrogens (tertiary/aromatic N) is 5. The normalized spacial score (nSPS) is 15.3. The number of allylic oxidation sites excluding steroid dienone is 1. The number of ketones is 1. The van der Waals surface area contributed by atoms with Crippen LogP contribution in [0.3, 0.4) is 0 Å². The fourth-order valence-corrected chi connectivity index (χ4v) is 3.91. The number of carbonyl (C=O) groups excluding carboxylic acids is 1. The third-order valence-corrected chi connectivity index (χ3v) is 5.90. The van der Waals surface area contributed by atoms with Crippen LogP contribution in [-0.4, -0.2) is 53.3 Å². The quantitative estimate of drug-likeness (QED) is 0.596. The van der Waals surface area contributed by atoms with E-state index in [-0.39, 0.29) is 5.78 Å². The maximum absolute atomic E-state index is 12.8. The number of aryl methyl sites for hydroxylation is 1. The lowest BCUT2D eigenvalue weighted by Gasteiger charge is -2.34. The van der Waals surface area contributed by atoms with Gasteiger partial charge in [-0.05, 0) is 55.4 Å². The number of hydrogen-bond donors (Lipinski definition) is 0. The lowest BCUT2D eigenvalue weighted by atomic mass is 9.99. The average molecular weight is 414 g/mol. The van der Waals surface area contributed by atoms with Crippen LogP contribution in [0.2, 0.25) is 0 Å². The second kappa shape index (κ2) is 8.75. The fraction of sp³-hybridized carbons (Fsp3) is 0.320. The van der Waals surface area contributed by atoms with Gasteiger partial charge in [0.1, 0.15) is 11.7 Å². The van der Waals surface area contributed by atoms with Crippen LogP contribution in [0.4, 0.5) is 5.69 Å². The molecule has 1 aliphatic rings. The van der Waals surface area contributed by atoms with E-state index in [2.05, 4.69) is 53.0 Å². The summed E-state index contributed by atoms with van der Waals surface area (Å²) in [6.07, 6.45) is 5.91. The summed E-state index contributed by atoms with van der Waals surface area (Å²) in [7, 11) is 2.16. The third-order valence-electron chi connectivity index (χ3n) is 5.90. The standard InChI is InChI=1S/C25H27N5O/c1-4-24(31)22(23-17-30-16-19(15-26)5-8-25(30)27-23)14-20-6-7-21(13-18(20)2)29-11-9-28(3)10-12-29/h5-8,13-14,16-17H,4,9-12H2,1-3H3/b22-14-. The largest absolute Gasteiger partial charge is 0.369 e. The molecule has 0 aliphatic carbocycles. The van der Waals surface area contributed by atoms with E-state index in [4.69, 9.17) is 5.26 Å². The number of piperazine rings is 1. The van der Waals surface area contributed by atoms with Gasteiger partial charge in [-0.25, -0.2) is 4.98 Å². The predicted octanol–water partition coefficient (Wildman–Crippen LogP) is 3.79. The monoisotopic (exact) mass is 413 g/mol. The van der Waals surface area contributed by atoms with E-state index in [9.17, 15) is 4.79 Å². The summed E-state index contributed by atoms with van der Waals surface area (Å²) in [5, 5.41) is 9.14. The molecule has 3 aromatic rings. The van der Waals surface area contributed by atoms with Gasteiger partial charge in [-0.1, -0.05) is 13.0 Å². The molecule has 6 heteroatoms. The molecule has 4 rings (SSSR count). The van der Waals surface area contributed by atoms with Crippen LogP contribution in [0.15, 0.2) is 42.7 Å². The van der Waals surface area contributed by atoms with Crippen molar-refractivity contribution in [2.24, 2.45) is 0 Å². The van der Waals surface area contributed by atoms with Gasteiger partial charge in [-0.3, -0.25) is 4.79 Å². The number of carbonyl (C=O) groups is 1. The summed E-state index contributed by atoms with van der Waals surface area (Å²) >= 11 is 0. The number of fused-ring (bicyclic) bond motifs is 1. The number of likely N-dealkylation sites (N-methyl/N-ethyl adjacent to an activating group) is 1. The molecule has 2 aromatic heterocycles. The number of rotatable bonds is 5. The minimum Gasteiger partial charge on any atom is -0.369 e. The molecule has 0 saturated carbocycles. The lowest BCUT2D eigenvalue weighted by molar-refractivity contribution is -0.113. The molecule has 1 saturated heterocycles. The average Bonchev–Trinajstić information content (AvgIpc) is 3.21. The highest BCUT2D eigenvalue weighted by molar-refractivity contribution is 6.24. The molecule has 3 heterocycles. The molecular formula is C25H27N5O. The fourth-order valence-electron chi connectivity index (χ4n) is 3.91. The summed E-state index contributed by atoms with van der Waals surface area (Å²) in [5.74, 6) is 0.0476. The Hall–Kier alpha value is -3.43. The first-order valence-electron chi connectivity index (χ1n) is 10.7. The van der Waals surface area contributed by atoms with Crippen LogP contribution in [0.25, 0.3) is 17.3 Å². The number of pyridine rings is 1. The van der Waals surface area contributed by atoms with Crippen LogP contribution >= 0.6 is 0 Å². The molecule has 0 N–H and O–H groups in total. The highest BCUT2D eigenvalue weighted by Gasteiger charge is 2.17. The van der Waals surface area contributed by atoms with Gasteiger partial charge in [0.25, 0.3) is 0 Å². The van der Waals surface area contributed by atoms with Crippen molar-refractivity contribution < 1.29 is 4.79 Å². The zero-order valence-electron chi connectivity index (χ0n) is 18.3. The van der Waals surface area contributed by atoms with E-state index >= 15 is 0 Å². The number of nitriles is 1. The van der Waals surface area contributed by atoms with Crippen molar-refractivity contribution in [3.8, 4) is 6.07 Å². The van der Waals surface area contributed by atoms with Gasteiger partial charge < -0.3 is 14.2 Å². The van der Waals surface area contributed by atoms with E-state index in [1.54, 1.807) is 22.7 Å². The molecule has 1 fully saturated rings. The van der Waals surface area contributed by atoms with Crippen LogP contribution in [0.1, 0.15) is 35.7 Å². The van der Waals surface area contributed by atoms with Crippen LogP contribution in [0.5, 0.6) is 0 Å². The lowest BCUT2D eigenvalue weighted by Crippen LogP contribution is -2.44. The van der Waals surface area contributed by atoms with Crippen LogP contribution in [0, 0.1) is 18.3 Å². The summed E-state index contributed by atoms with van der Waals surface area (Å²) in [5.41, 5.74) is 5.87. The van der Waals surface area contributed by atoms with E-state index in [1.165, 1.54) is 5.69 Å². The molecule has 0 spiro atoms. The highest BCUT2D eigenvalue weighted by Crippen LogP contribution is 2.26.